The molecule has 0 heterocycles. The van der Waals surface area contributed by atoms with E-state index in [4.69, 9.17) is 5.73 Å². The molecule has 0 aromatic carbocycles. The van der Waals surface area contributed by atoms with Gasteiger partial charge in [0.2, 0.25) is 0 Å². The zero-order valence-electron chi connectivity index (χ0n) is 10.7. The summed E-state index contributed by atoms with van der Waals surface area (Å²) >= 11 is 0. The predicted octanol–water partition coefficient (Wildman–Crippen LogP) is 2.40. The fraction of sp³-hybridized carbons (Fsp3) is 1.00. The smallest absolute Gasteiger partial charge is 0.0820 e. The second kappa shape index (κ2) is 4.84. The van der Waals surface area contributed by atoms with E-state index in [1.165, 1.54) is 6.42 Å². The Morgan fingerprint density at radius 1 is 1.20 bits per heavy atom. The van der Waals surface area contributed by atoms with Gasteiger partial charge < -0.3 is 10.8 Å². The van der Waals surface area contributed by atoms with Gasteiger partial charge >= 0.3 is 0 Å². The number of hydrogen-bond acceptors (Lipinski definition) is 2. The van der Waals surface area contributed by atoms with Crippen LogP contribution in [-0.2, 0) is 0 Å². The van der Waals surface area contributed by atoms with Crippen molar-refractivity contribution in [2.45, 2.75) is 52.6 Å². The Morgan fingerprint density at radius 2 is 1.67 bits per heavy atom. The van der Waals surface area contributed by atoms with Crippen molar-refractivity contribution in [2.75, 3.05) is 6.54 Å². The number of aliphatic hydroxyl groups is 1. The number of nitrogens with two attached hydrogens (primary N) is 1. The molecular formula is C13H27NO. The Hall–Kier alpha value is -0.0800. The first-order valence-electron chi connectivity index (χ1n) is 6.32. The Morgan fingerprint density at radius 3 is 2.00 bits per heavy atom. The van der Waals surface area contributed by atoms with Crippen molar-refractivity contribution < 1.29 is 5.11 Å². The second-order valence-electron chi connectivity index (χ2n) is 5.96. The fourth-order valence-corrected chi connectivity index (χ4v) is 3.23. The molecule has 0 aliphatic heterocycles. The maximum atomic E-state index is 10.6. The van der Waals surface area contributed by atoms with Crippen LogP contribution in [0.2, 0.25) is 0 Å². The Bertz CT molecular complexity index is 195. The first kappa shape index (κ1) is 13.0. The molecule has 1 saturated carbocycles. The molecule has 3 N–H and O–H groups in total. The second-order valence-corrected chi connectivity index (χ2v) is 5.96. The van der Waals surface area contributed by atoms with Crippen molar-refractivity contribution in [3.63, 3.8) is 0 Å². The van der Waals surface area contributed by atoms with Crippen LogP contribution in [0.5, 0.6) is 0 Å². The highest BCUT2D eigenvalue weighted by molar-refractivity contribution is 4.93. The van der Waals surface area contributed by atoms with E-state index >= 15 is 0 Å². The quantitative estimate of drug-likeness (QED) is 0.756. The number of hydrogen-bond donors (Lipinski definition) is 2. The van der Waals surface area contributed by atoms with Crippen LogP contribution in [0.4, 0.5) is 0 Å². The van der Waals surface area contributed by atoms with Crippen LogP contribution >= 0.6 is 0 Å². The van der Waals surface area contributed by atoms with Gasteiger partial charge in [0.15, 0.2) is 0 Å². The van der Waals surface area contributed by atoms with Gasteiger partial charge in [-0.25, -0.2) is 0 Å². The zero-order chi connectivity index (χ0) is 11.6. The van der Waals surface area contributed by atoms with Gasteiger partial charge in [0.05, 0.1) is 5.60 Å². The molecule has 0 radical (unpaired) electrons. The van der Waals surface area contributed by atoms with Gasteiger partial charge in [0.1, 0.15) is 0 Å². The lowest BCUT2D eigenvalue weighted by molar-refractivity contribution is -0.0754. The zero-order valence-corrected chi connectivity index (χ0v) is 10.7. The van der Waals surface area contributed by atoms with Crippen molar-refractivity contribution in [1.82, 2.24) is 0 Å². The molecule has 0 bridgehead atoms. The molecule has 0 aromatic rings. The lowest BCUT2D eigenvalue weighted by Crippen LogP contribution is -2.51. The Kier molecular flexibility index (Phi) is 4.19. The molecule has 1 rings (SSSR count). The molecule has 1 aliphatic rings. The van der Waals surface area contributed by atoms with Gasteiger partial charge in [-0.2, -0.15) is 0 Å². The first-order chi connectivity index (χ1) is 6.90. The summed E-state index contributed by atoms with van der Waals surface area (Å²) in [6.07, 6.45) is 3.57. The third-order valence-electron chi connectivity index (χ3n) is 4.21. The summed E-state index contributed by atoms with van der Waals surface area (Å²) in [5, 5.41) is 10.6. The fourth-order valence-electron chi connectivity index (χ4n) is 3.23. The highest BCUT2D eigenvalue weighted by Gasteiger charge is 2.41. The van der Waals surface area contributed by atoms with Crippen LogP contribution in [0.1, 0.15) is 47.0 Å². The van der Waals surface area contributed by atoms with E-state index < -0.39 is 5.60 Å². The lowest BCUT2D eigenvalue weighted by Gasteiger charge is -2.44. The van der Waals surface area contributed by atoms with Crippen molar-refractivity contribution >= 4 is 0 Å². The summed E-state index contributed by atoms with van der Waals surface area (Å²) < 4.78 is 0. The van der Waals surface area contributed by atoms with Crippen molar-refractivity contribution in [3.05, 3.63) is 0 Å². The van der Waals surface area contributed by atoms with E-state index in [0.29, 0.717) is 12.5 Å². The molecule has 1 fully saturated rings. The Balaban J connectivity index is 2.75. The molecule has 0 aromatic heterocycles. The predicted molar refractivity (Wildman–Crippen MR) is 64.5 cm³/mol. The molecule has 1 aliphatic carbocycles. The minimum absolute atomic E-state index is 0.255. The van der Waals surface area contributed by atoms with Gasteiger partial charge in [0, 0.05) is 6.54 Å². The normalized spacial score (nSPS) is 36.6. The van der Waals surface area contributed by atoms with Gasteiger partial charge in [-0.05, 0) is 42.9 Å². The van der Waals surface area contributed by atoms with E-state index in [1.807, 2.05) is 0 Å². The lowest BCUT2D eigenvalue weighted by atomic mass is 9.66. The van der Waals surface area contributed by atoms with E-state index in [9.17, 15) is 5.11 Å². The molecule has 90 valence electrons. The molecule has 0 saturated heterocycles. The summed E-state index contributed by atoms with van der Waals surface area (Å²) in [4.78, 5) is 0. The summed E-state index contributed by atoms with van der Waals surface area (Å²) in [6.45, 7) is 9.14. The molecule has 3 atom stereocenters. The molecular weight excluding hydrogens is 186 g/mol. The monoisotopic (exact) mass is 213 g/mol. The molecule has 2 heteroatoms. The molecule has 2 nitrogen and oxygen atoms in total. The average molecular weight is 213 g/mol. The van der Waals surface area contributed by atoms with Crippen molar-refractivity contribution in [2.24, 2.45) is 29.4 Å². The largest absolute Gasteiger partial charge is 0.388 e. The van der Waals surface area contributed by atoms with Crippen LogP contribution in [0, 0.1) is 23.7 Å². The van der Waals surface area contributed by atoms with Gasteiger partial charge in [-0.1, -0.05) is 27.7 Å². The van der Waals surface area contributed by atoms with Crippen molar-refractivity contribution in [1.29, 1.82) is 0 Å². The highest BCUT2D eigenvalue weighted by Crippen LogP contribution is 2.41. The van der Waals surface area contributed by atoms with Gasteiger partial charge in [0.25, 0.3) is 0 Å². The van der Waals surface area contributed by atoms with Crippen LogP contribution in [0.25, 0.3) is 0 Å². The van der Waals surface area contributed by atoms with E-state index in [0.717, 1.165) is 24.7 Å². The van der Waals surface area contributed by atoms with Crippen LogP contribution in [0.15, 0.2) is 0 Å². The summed E-state index contributed by atoms with van der Waals surface area (Å²) in [7, 11) is 0. The SMILES string of the molecule is CC1CC(C)CC(C(O)(CN)C(C)C)C1. The first-order valence-corrected chi connectivity index (χ1v) is 6.32. The summed E-state index contributed by atoms with van der Waals surface area (Å²) in [5.74, 6) is 2.11. The summed E-state index contributed by atoms with van der Waals surface area (Å²) in [5.41, 5.74) is 5.13. The topological polar surface area (TPSA) is 46.2 Å². The molecule has 0 amide bonds. The van der Waals surface area contributed by atoms with Crippen LogP contribution < -0.4 is 5.73 Å². The molecule has 15 heavy (non-hydrogen) atoms. The Labute approximate surface area is 94.2 Å². The van der Waals surface area contributed by atoms with Gasteiger partial charge in [-0.15, -0.1) is 0 Å². The maximum absolute atomic E-state index is 10.6. The minimum Gasteiger partial charge on any atom is -0.388 e. The summed E-state index contributed by atoms with van der Waals surface area (Å²) in [6, 6.07) is 0. The third-order valence-corrected chi connectivity index (χ3v) is 4.21. The van der Waals surface area contributed by atoms with Crippen LogP contribution in [-0.4, -0.2) is 17.3 Å². The highest BCUT2D eigenvalue weighted by atomic mass is 16.3. The minimum atomic E-state index is -0.650. The van der Waals surface area contributed by atoms with E-state index in [2.05, 4.69) is 27.7 Å². The maximum Gasteiger partial charge on any atom is 0.0820 e. The molecule has 0 spiro atoms. The van der Waals surface area contributed by atoms with E-state index in [1.54, 1.807) is 0 Å². The van der Waals surface area contributed by atoms with Gasteiger partial charge in [-0.3, -0.25) is 0 Å². The van der Waals surface area contributed by atoms with Crippen LogP contribution in [0.3, 0.4) is 0 Å². The molecule has 3 unspecified atom stereocenters. The standard InChI is InChI=1S/C13H27NO/c1-9(2)13(15,8-14)12-6-10(3)5-11(4)7-12/h9-12,15H,5-8,14H2,1-4H3. The van der Waals surface area contributed by atoms with Crippen molar-refractivity contribution in [3.8, 4) is 0 Å². The number of rotatable bonds is 3. The third kappa shape index (κ3) is 2.73. The van der Waals surface area contributed by atoms with E-state index in [-0.39, 0.29) is 5.92 Å². The average Bonchev–Trinajstić information content (AvgIpc) is 2.14.